The first-order valence-electron chi connectivity index (χ1n) is 8.43. The molecule has 0 bridgehead atoms. The molecule has 0 saturated carbocycles. The van der Waals surface area contributed by atoms with Crippen LogP contribution < -0.4 is 9.30 Å². The van der Waals surface area contributed by atoms with Gasteiger partial charge in [-0.05, 0) is 49.4 Å². The maximum atomic E-state index is 10.5. The first-order valence-corrected chi connectivity index (χ1v) is 9.83. The van der Waals surface area contributed by atoms with Crippen molar-refractivity contribution in [1.82, 2.24) is 0 Å². The number of hydrogen-bond acceptors (Lipinski definition) is 5. The van der Waals surface area contributed by atoms with Gasteiger partial charge in [-0.3, -0.25) is 4.79 Å². The second-order valence-corrected chi connectivity index (χ2v) is 7.50. The number of hydrogen-bond donors (Lipinski definition) is 0. The molecule has 28 heavy (non-hydrogen) atoms. The first-order chi connectivity index (χ1) is 13.3. The van der Waals surface area contributed by atoms with Crippen LogP contribution in [0.3, 0.4) is 0 Å². The van der Waals surface area contributed by atoms with Crippen molar-refractivity contribution in [3.8, 4) is 5.75 Å². The molecule has 6 nitrogen and oxygen atoms in total. The monoisotopic (exact) mass is 399 g/mol. The lowest BCUT2D eigenvalue weighted by atomic mass is 10.2. The summed E-state index contributed by atoms with van der Waals surface area (Å²) in [6.07, 6.45) is 4.81. The Balaban J connectivity index is 0.000000221. The van der Waals surface area contributed by atoms with Crippen LogP contribution >= 0.6 is 0 Å². The zero-order chi connectivity index (χ0) is 20.6. The number of aldehydes is 1. The van der Waals surface area contributed by atoms with Crippen molar-refractivity contribution in [2.24, 2.45) is 7.05 Å². The van der Waals surface area contributed by atoms with Crippen molar-refractivity contribution in [3.05, 3.63) is 89.7 Å². The standard InChI is InChI=1S/C14H14NO2.C7H8O3S/c1-15-8-2-3-13(9-15)11-17-14-6-4-12(10-16)5-7-14;1-6-2-4-7(5-3-6)11(8,9)10/h2-10H,11H2,1H3;2-5H,1H3,(H,8,9,10)/q+1;/p-1. The molecule has 1 aromatic heterocycles. The predicted molar refractivity (Wildman–Crippen MR) is 103 cm³/mol. The third-order valence-electron chi connectivity index (χ3n) is 3.73. The quantitative estimate of drug-likeness (QED) is 0.374. The molecule has 0 fully saturated rings. The predicted octanol–water partition coefficient (Wildman–Crippen LogP) is 2.80. The lowest BCUT2D eigenvalue weighted by Crippen LogP contribution is -2.27. The maximum absolute atomic E-state index is 10.5. The smallest absolute Gasteiger partial charge is 0.175 e. The van der Waals surface area contributed by atoms with Crippen molar-refractivity contribution in [2.75, 3.05) is 0 Å². The summed E-state index contributed by atoms with van der Waals surface area (Å²) in [4.78, 5) is 10.3. The summed E-state index contributed by atoms with van der Waals surface area (Å²) in [5.74, 6) is 0.766. The Morgan fingerprint density at radius 3 is 2.21 bits per heavy atom. The van der Waals surface area contributed by atoms with E-state index in [2.05, 4.69) is 0 Å². The van der Waals surface area contributed by atoms with Crippen molar-refractivity contribution in [2.45, 2.75) is 18.4 Å². The van der Waals surface area contributed by atoms with Crippen LogP contribution in [0.4, 0.5) is 0 Å². The van der Waals surface area contributed by atoms with E-state index in [1.54, 1.807) is 36.4 Å². The third kappa shape index (κ3) is 6.94. The zero-order valence-corrected chi connectivity index (χ0v) is 16.4. The largest absolute Gasteiger partial charge is 0.744 e. The van der Waals surface area contributed by atoms with E-state index in [-0.39, 0.29) is 4.90 Å². The Kier molecular flexibility index (Phi) is 7.43. The molecule has 0 unspecified atom stereocenters. The number of benzene rings is 2. The molecular formula is C21H21NO5S. The molecule has 2 aromatic carbocycles. The van der Waals surface area contributed by atoms with Crippen LogP contribution in [0, 0.1) is 6.92 Å². The minimum atomic E-state index is -4.27. The Labute approximate surface area is 164 Å². The summed E-state index contributed by atoms with van der Waals surface area (Å²) < 4.78 is 38.8. The molecule has 0 aliphatic heterocycles. The number of ether oxygens (including phenoxy) is 1. The topological polar surface area (TPSA) is 87.4 Å². The van der Waals surface area contributed by atoms with E-state index in [0.717, 1.165) is 23.2 Å². The minimum absolute atomic E-state index is 0.178. The van der Waals surface area contributed by atoms with Crippen molar-refractivity contribution < 1.29 is 27.1 Å². The molecule has 3 rings (SSSR count). The summed E-state index contributed by atoms with van der Waals surface area (Å²) in [7, 11) is -2.30. The van der Waals surface area contributed by atoms with Gasteiger partial charge in [-0.2, -0.15) is 0 Å². The fourth-order valence-electron chi connectivity index (χ4n) is 2.25. The molecule has 0 spiro atoms. The van der Waals surface area contributed by atoms with Crippen LogP contribution in [-0.2, 0) is 23.8 Å². The van der Waals surface area contributed by atoms with Crippen LogP contribution in [0.1, 0.15) is 21.5 Å². The fraction of sp³-hybridized carbons (Fsp3) is 0.143. The highest BCUT2D eigenvalue weighted by Gasteiger charge is 2.00. The van der Waals surface area contributed by atoms with Crippen LogP contribution in [0.15, 0.2) is 78.0 Å². The lowest BCUT2D eigenvalue weighted by molar-refractivity contribution is -0.672. The molecular weight excluding hydrogens is 378 g/mol. The van der Waals surface area contributed by atoms with Crippen molar-refractivity contribution >= 4 is 16.4 Å². The average molecular weight is 399 g/mol. The normalized spacial score (nSPS) is 10.5. The Hall–Kier alpha value is -3.03. The van der Waals surface area contributed by atoms with Gasteiger partial charge in [0.05, 0.1) is 10.5 Å². The molecule has 0 N–H and O–H groups in total. The maximum Gasteiger partial charge on any atom is 0.175 e. The Morgan fingerprint density at radius 1 is 1.04 bits per heavy atom. The van der Waals surface area contributed by atoms with Gasteiger partial charge < -0.3 is 9.29 Å². The van der Waals surface area contributed by atoms with E-state index in [9.17, 15) is 17.8 Å². The molecule has 3 aromatic rings. The molecule has 0 aliphatic rings. The van der Waals surface area contributed by atoms with Gasteiger partial charge in [0.1, 0.15) is 35.8 Å². The highest BCUT2D eigenvalue weighted by atomic mass is 32.2. The average Bonchev–Trinajstić information content (AvgIpc) is 2.67. The molecule has 0 amide bonds. The Morgan fingerprint density at radius 2 is 1.68 bits per heavy atom. The first kappa shape index (κ1) is 21.3. The molecule has 0 aliphatic carbocycles. The summed E-state index contributed by atoms with van der Waals surface area (Å²) in [5.41, 5.74) is 2.69. The molecule has 0 atom stereocenters. The van der Waals surface area contributed by atoms with E-state index in [1.165, 1.54) is 12.1 Å². The number of aromatic nitrogens is 1. The second-order valence-electron chi connectivity index (χ2n) is 6.12. The highest BCUT2D eigenvalue weighted by Crippen LogP contribution is 2.13. The van der Waals surface area contributed by atoms with Gasteiger partial charge in [0.25, 0.3) is 0 Å². The van der Waals surface area contributed by atoms with E-state index in [1.807, 2.05) is 43.1 Å². The van der Waals surface area contributed by atoms with Crippen LogP contribution in [0.2, 0.25) is 0 Å². The van der Waals surface area contributed by atoms with Crippen molar-refractivity contribution in [1.29, 1.82) is 0 Å². The van der Waals surface area contributed by atoms with E-state index >= 15 is 0 Å². The second kappa shape index (κ2) is 9.77. The van der Waals surface area contributed by atoms with Gasteiger partial charge >= 0.3 is 0 Å². The summed E-state index contributed by atoms with van der Waals surface area (Å²) in [6.45, 7) is 2.34. The van der Waals surface area contributed by atoms with Crippen LogP contribution in [-0.4, -0.2) is 19.3 Å². The summed E-state index contributed by atoms with van der Waals surface area (Å²) >= 11 is 0. The van der Waals surface area contributed by atoms with Crippen LogP contribution in [0.5, 0.6) is 5.75 Å². The van der Waals surface area contributed by atoms with Gasteiger partial charge in [-0.25, -0.2) is 13.0 Å². The number of aryl methyl sites for hydroxylation is 2. The molecule has 7 heteroatoms. The van der Waals surface area contributed by atoms with Gasteiger partial charge in [-0.1, -0.05) is 17.7 Å². The summed E-state index contributed by atoms with van der Waals surface area (Å²) in [5, 5.41) is 0. The van der Waals surface area contributed by atoms with Gasteiger partial charge in [-0.15, -0.1) is 0 Å². The zero-order valence-electron chi connectivity index (χ0n) is 15.6. The van der Waals surface area contributed by atoms with E-state index < -0.39 is 10.1 Å². The number of pyridine rings is 1. The Bertz CT molecular complexity index is 1010. The minimum Gasteiger partial charge on any atom is -0.744 e. The SMILES string of the molecule is C[n+]1cccc(COc2ccc(C=O)cc2)c1.Cc1ccc(S(=O)(=O)[O-])cc1. The highest BCUT2D eigenvalue weighted by molar-refractivity contribution is 7.85. The third-order valence-corrected chi connectivity index (χ3v) is 4.58. The van der Waals surface area contributed by atoms with Gasteiger partial charge in [0.2, 0.25) is 0 Å². The van der Waals surface area contributed by atoms with E-state index in [0.29, 0.717) is 12.2 Å². The molecule has 0 saturated heterocycles. The summed E-state index contributed by atoms with van der Waals surface area (Å²) in [6, 6.07) is 16.9. The number of nitrogens with zero attached hydrogens (tertiary/aromatic N) is 1. The number of carbonyl (C=O) groups excluding carboxylic acids is 1. The number of rotatable bonds is 5. The molecule has 1 heterocycles. The lowest BCUT2D eigenvalue weighted by Gasteiger charge is -2.05. The van der Waals surface area contributed by atoms with Gasteiger partial charge in [0.15, 0.2) is 12.4 Å². The van der Waals surface area contributed by atoms with E-state index in [4.69, 9.17) is 4.74 Å². The number of carbonyl (C=O) groups is 1. The van der Waals surface area contributed by atoms with Crippen LogP contribution in [0.25, 0.3) is 0 Å². The molecule has 0 radical (unpaired) electrons. The van der Waals surface area contributed by atoms with Crippen molar-refractivity contribution in [3.63, 3.8) is 0 Å². The van der Waals surface area contributed by atoms with Gasteiger partial charge in [0, 0.05) is 11.6 Å². The fourth-order valence-corrected chi connectivity index (χ4v) is 2.72. The molecule has 146 valence electrons.